The quantitative estimate of drug-likeness (QED) is 0.275. The normalized spacial score (nSPS) is 15.0. The van der Waals surface area contributed by atoms with Gasteiger partial charge in [0, 0.05) is 36.3 Å². The number of carbonyl (C=O) groups excluding carboxylic acids is 1. The maximum absolute atomic E-state index is 13.9. The Balaban J connectivity index is 2.00. The van der Waals surface area contributed by atoms with Gasteiger partial charge in [-0.2, -0.15) is 26.3 Å². The van der Waals surface area contributed by atoms with Gasteiger partial charge >= 0.3 is 18.4 Å². The lowest BCUT2D eigenvalue weighted by Crippen LogP contribution is -2.36. The molecule has 14 heteroatoms. The third kappa shape index (κ3) is 7.22. The number of anilines is 1. The Kier molecular flexibility index (Phi) is 8.99. The summed E-state index contributed by atoms with van der Waals surface area (Å²) in [5.74, 6) is -1.85. The molecule has 0 unspecified atom stereocenters. The first kappa shape index (κ1) is 28.9. The number of allylic oxidation sites excluding steroid dienone is 1. The van der Waals surface area contributed by atoms with Gasteiger partial charge in [-0.05, 0) is 36.4 Å². The van der Waals surface area contributed by atoms with E-state index < -0.39 is 46.7 Å². The third-order valence-electron chi connectivity index (χ3n) is 5.30. The molecule has 206 valence electrons. The predicted molar refractivity (Wildman–Crippen MR) is 123 cm³/mol. The number of rotatable bonds is 8. The third-order valence-corrected chi connectivity index (χ3v) is 5.30. The molecule has 1 aliphatic heterocycles. The number of alkyl halides is 6. The predicted octanol–water partition coefficient (Wildman–Crippen LogP) is 5.28. The summed E-state index contributed by atoms with van der Waals surface area (Å²) in [7, 11) is 1.13. The van der Waals surface area contributed by atoms with Gasteiger partial charge in [0.25, 0.3) is 0 Å². The maximum Gasteiger partial charge on any atom is 0.420 e. The second-order valence-corrected chi connectivity index (χ2v) is 7.99. The first-order chi connectivity index (χ1) is 17.8. The fourth-order valence-corrected chi connectivity index (χ4v) is 3.20. The number of aliphatic imine (C=N–C) groups is 1. The van der Waals surface area contributed by atoms with E-state index in [1.807, 2.05) is 0 Å². The van der Waals surface area contributed by atoms with Crippen LogP contribution in [0.15, 0.2) is 47.6 Å². The SMILES string of the molecule is CN(C(=O)Oc1c(/C(C=NCCOC2COC2)=C/N)cc(C(F)(F)F)cc1C(F)(F)F)c1ccc(F)cc1. The zero-order chi connectivity index (χ0) is 28.1. The van der Waals surface area contributed by atoms with Gasteiger partial charge in [-0.15, -0.1) is 0 Å². The van der Waals surface area contributed by atoms with Gasteiger partial charge in [-0.25, -0.2) is 9.18 Å². The zero-order valence-electron chi connectivity index (χ0n) is 19.8. The van der Waals surface area contributed by atoms with Crippen LogP contribution in [0.4, 0.5) is 41.2 Å². The molecule has 2 aromatic rings. The van der Waals surface area contributed by atoms with Crippen LogP contribution in [-0.4, -0.2) is 51.8 Å². The maximum atomic E-state index is 13.9. The number of ether oxygens (including phenoxy) is 3. The van der Waals surface area contributed by atoms with Crippen LogP contribution in [0.25, 0.3) is 5.57 Å². The van der Waals surface area contributed by atoms with Gasteiger partial charge < -0.3 is 19.9 Å². The zero-order valence-corrected chi connectivity index (χ0v) is 19.8. The van der Waals surface area contributed by atoms with E-state index in [2.05, 4.69) is 4.99 Å². The van der Waals surface area contributed by atoms with Crippen molar-refractivity contribution in [2.45, 2.75) is 18.5 Å². The van der Waals surface area contributed by atoms with Gasteiger partial charge in [-0.1, -0.05) is 0 Å². The molecular formula is C24H22F7N3O4. The van der Waals surface area contributed by atoms with E-state index in [9.17, 15) is 35.5 Å². The first-order valence-corrected chi connectivity index (χ1v) is 11.0. The van der Waals surface area contributed by atoms with Crippen LogP contribution in [0.1, 0.15) is 16.7 Å². The minimum Gasteiger partial charge on any atom is -0.409 e. The molecule has 1 saturated heterocycles. The fourth-order valence-electron chi connectivity index (χ4n) is 3.20. The Morgan fingerprint density at radius 3 is 2.32 bits per heavy atom. The number of carbonyl (C=O) groups is 1. The van der Waals surface area contributed by atoms with Crippen molar-refractivity contribution >= 4 is 23.6 Å². The molecule has 0 saturated carbocycles. The van der Waals surface area contributed by atoms with Gasteiger partial charge in [0.05, 0.1) is 37.5 Å². The minimum atomic E-state index is -5.35. The van der Waals surface area contributed by atoms with Crippen molar-refractivity contribution in [1.29, 1.82) is 0 Å². The number of benzene rings is 2. The molecule has 7 nitrogen and oxygen atoms in total. The number of hydrogen-bond acceptors (Lipinski definition) is 6. The second-order valence-electron chi connectivity index (χ2n) is 7.99. The summed E-state index contributed by atoms with van der Waals surface area (Å²) in [6, 6.07) is 4.52. The Morgan fingerprint density at radius 2 is 1.79 bits per heavy atom. The van der Waals surface area contributed by atoms with Gasteiger partial charge in [-0.3, -0.25) is 9.89 Å². The molecule has 1 aliphatic rings. The molecule has 3 rings (SSSR count). The first-order valence-electron chi connectivity index (χ1n) is 11.0. The van der Waals surface area contributed by atoms with Crippen molar-refractivity contribution in [2.75, 3.05) is 38.3 Å². The highest BCUT2D eigenvalue weighted by Gasteiger charge is 2.41. The van der Waals surface area contributed by atoms with E-state index in [1.165, 1.54) is 0 Å². The molecule has 0 radical (unpaired) electrons. The molecule has 0 aliphatic carbocycles. The number of hydrogen-bond donors (Lipinski definition) is 1. The number of halogens is 7. The molecule has 0 aromatic heterocycles. The Bertz CT molecular complexity index is 1190. The molecular weight excluding hydrogens is 527 g/mol. The Hall–Kier alpha value is -3.65. The average Bonchev–Trinajstić information content (AvgIpc) is 2.81. The van der Waals surface area contributed by atoms with Crippen molar-refractivity contribution in [1.82, 2.24) is 0 Å². The standard InChI is InChI=1S/C24H22F7N3O4/c1-34(17-4-2-16(25)3-5-17)22(35)38-21-19(8-15(23(26,27)28)9-20(21)24(29,30)31)14(10-32)11-33-6-7-37-18-12-36-13-18/h2-5,8-11,18H,6-7,12-13,32H2,1H3/b14-10+,33-11?. The number of nitrogens with two attached hydrogens (primary N) is 1. The highest BCUT2D eigenvalue weighted by molar-refractivity contribution is 6.11. The molecule has 2 N–H and O–H groups in total. The van der Waals surface area contributed by atoms with E-state index in [-0.39, 0.29) is 36.6 Å². The number of nitrogens with zero attached hydrogens (tertiary/aromatic N) is 2. The van der Waals surface area contributed by atoms with Crippen LogP contribution < -0.4 is 15.4 Å². The summed E-state index contributed by atoms with van der Waals surface area (Å²) < 4.78 is 111. The lowest BCUT2D eigenvalue weighted by molar-refractivity contribution is -0.143. The van der Waals surface area contributed by atoms with Crippen molar-refractivity contribution in [3.63, 3.8) is 0 Å². The average molecular weight is 549 g/mol. The number of amides is 1. The van der Waals surface area contributed by atoms with Crippen molar-refractivity contribution in [3.8, 4) is 5.75 Å². The molecule has 2 aromatic carbocycles. The van der Waals surface area contributed by atoms with Gasteiger partial charge in [0.1, 0.15) is 11.9 Å². The summed E-state index contributed by atoms with van der Waals surface area (Å²) in [4.78, 5) is 17.4. The van der Waals surface area contributed by atoms with Crippen LogP contribution in [0.3, 0.4) is 0 Å². The molecule has 1 fully saturated rings. The molecule has 1 amide bonds. The van der Waals surface area contributed by atoms with E-state index in [0.29, 0.717) is 19.3 Å². The fraction of sp³-hybridized carbons (Fsp3) is 0.333. The summed E-state index contributed by atoms with van der Waals surface area (Å²) >= 11 is 0. The van der Waals surface area contributed by atoms with Crippen LogP contribution in [0, 0.1) is 5.82 Å². The van der Waals surface area contributed by atoms with Gasteiger partial charge in [0.2, 0.25) is 0 Å². The summed E-state index contributed by atoms with van der Waals surface area (Å²) in [5.41, 5.74) is 0.931. The van der Waals surface area contributed by atoms with Gasteiger partial charge in [0.15, 0.2) is 5.75 Å². The monoisotopic (exact) mass is 549 g/mol. The van der Waals surface area contributed by atoms with Crippen LogP contribution in [-0.2, 0) is 21.8 Å². The highest BCUT2D eigenvalue weighted by Crippen LogP contribution is 2.44. The lowest BCUT2D eigenvalue weighted by atomic mass is 9.98. The van der Waals surface area contributed by atoms with E-state index in [4.69, 9.17) is 19.9 Å². The molecule has 0 spiro atoms. The molecule has 1 heterocycles. The van der Waals surface area contributed by atoms with Crippen LogP contribution >= 0.6 is 0 Å². The molecule has 0 bridgehead atoms. The smallest absolute Gasteiger partial charge is 0.409 e. The molecule has 38 heavy (non-hydrogen) atoms. The van der Waals surface area contributed by atoms with E-state index in [0.717, 1.165) is 48.6 Å². The van der Waals surface area contributed by atoms with E-state index >= 15 is 0 Å². The van der Waals surface area contributed by atoms with Crippen molar-refractivity contribution < 1.29 is 49.7 Å². The highest BCUT2D eigenvalue weighted by atomic mass is 19.4. The van der Waals surface area contributed by atoms with Crippen LogP contribution in [0.2, 0.25) is 0 Å². The lowest BCUT2D eigenvalue weighted by Gasteiger charge is -2.25. The summed E-state index contributed by atoms with van der Waals surface area (Å²) in [6.45, 7) is 0.941. The summed E-state index contributed by atoms with van der Waals surface area (Å²) in [6.07, 6.45) is -10.3. The van der Waals surface area contributed by atoms with E-state index in [1.54, 1.807) is 0 Å². The Labute approximate surface area is 212 Å². The van der Waals surface area contributed by atoms with Crippen molar-refractivity contribution in [3.05, 3.63) is 65.1 Å². The topological polar surface area (TPSA) is 86.4 Å². The Morgan fingerprint density at radius 1 is 1.13 bits per heavy atom. The second kappa shape index (κ2) is 11.8. The van der Waals surface area contributed by atoms with Crippen molar-refractivity contribution in [2.24, 2.45) is 10.7 Å². The minimum absolute atomic E-state index is 0.0152. The molecule has 0 atom stereocenters. The largest absolute Gasteiger partial charge is 0.420 e. The summed E-state index contributed by atoms with van der Waals surface area (Å²) in [5, 5.41) is 0. The van der Waals surface area contributed by atoms with Crippen LogP contribution in [0.5, 0.6) is 5.75 Å².